The number of nitrogens with one attached hydrogen (secondary N) is 2. The highest BCUT2D eigenvalue weighted by atomic mass is 16.2. The lowest BCUT2D eigenvalue weighted by atomic mass is 10.1. The van der Waals surface area contributed by atoms with E-state index < -0.39 is 6.04 Å². The van der Waals surface area contributed by atoms with Crippen molar-refractivity contribution in [1.82, 2.24) is 5.32 Å². The fourth-order valence-corrected chi connectivity index (χ4v) is 0.772. The molecule has 1 fully saturated rings. The maximum Gasteiger partial charge on any atom is 0.202 e. The van der Waals surface area contributed by atoms with Gasteiger partial charge < -0.3 is 11.1 Å². The maximum absolute atomic E-state index is 10.5. The van der Waals surface area contributed by atoms with Crippen molar-refractivity contribution in [3.05, 3.63) is 5.73 Å². The van der Waals surface area contributed by atoms with Crippen molar-refractivity contribution in [1.29, 1.82) is 0 Å². The quantitative estimate of drug-likeness (QED) is 0.483. The van der Waals surface area contributed by atoms with Crippen LogP contribution in [0.15, 0.2) is 0 Å². The molecule has 46 valence electrons. The van der Waals surface area contributed by atoms with E-state index in [-0.39, 0.29) is 5.91 Å². The van der Waals surface area contributed by atoms with Crippen molar-refractivity contribution in [2.24, 2.45) is 0 Å². The molecule has 2 N–H and O–H groups in total. The number of carbonyl (C=O) groups excluding carboxylic acids is 1. The summed E-state index contributed by atoms with van der Waals surface area (Å²) < 4.78 is 0. The summed E-state index contributed by atoms with van der Waals surface area (Å²) >= 11 is 0. The van der Waals surface area contributed by atoms with Gasteiger partial charge in [-0.15, -0.1) is 0 Å². The summed E-state index contributed by atoms with van der Waals surface area (Å²) in [6.07, 6.45) is 1.69. The molecule has 1 amide bonds. The molecule has 0 radical (unpaired) electrons. The molecule has 0 aromatic rings. The Labute approximate surface area is 48.2 Å². The molecule has 0 saturated carbocycles. The molecule has 0 aromatic heterocycles. The summed E-state index contributed by atoms with van der Waals surface area (Å²) in [6.45, 7) is 0.758. The van der Waals surface area contributed by atoms with E-state index in [4.69, 9.17) is 5.73 Å². The lowest BCUT2D eigenvalue weighted by Crippen LogP contribution is -2.37. The van der Waals surface area contributed by atoms with Crippen molar-refractivity contribution in [2.75, 3.05) is 6.54 Å². The summed E-state index contributed by atoms with van der Waals surface area (Å²) in [4.78, 5) is 10.5. The predicted molar refractivity (Wildman–Crippen MR) is 30.4 cm³/mol. The Kier molecular flexibility index (Phi) is 1.48. The molecular formula is C5H9N2O-. The average molecular weight is 113 g/mol. The first kappa shape index (κ1) is 5.56. The smallest absolute Gasteiger partial charge is 0.202 e. The van der Waals surface area contributed by atoms with Crippen molar-refractivity contribution < 1.29 is 4.79 Å². The van der Waals surface area contributed by atoms with E-state index in [0.717, 1.165) is 19.4 Å². The topological polar surface area (TPSA) is 52.9 Å². The summed E-state index contributed by atoms with van der Waals surface area (Å²) in [7, 11) is 0. The zero-order valence-corrected chi connectivity index (χ0v) is 4.61. The molecule has 3 nitrogen and oxygen atoms in total. The molecule has 3 heteroatoms. The molecule has 1 saturated heterocycles. The third-order valence-electron chi connectivity index (χ3n) is 1.29. The molecule has 1 unspecified atom stereocenters. The largest absolute Gasteiger partial charge is 0.667 e. The highest BCUT2D eigenvalue weighted by Crippen LogP contribution is 2.04. The zero-order chi connectivity index (χ0) is 5.98. The Balaban J connectivity index is 2.39. The van der Waals surface area contributed by atoms with Crippen LogP contribution in [0, 0.1) is 0 Å². The Morgan fingerprint density at radius 3 is 2.88 bits per heavy atom. The van der Waals surface area contributed by atoms with Gasteiger partial charge in [0.2, 0.25) is 5.91 Å². The first-order valence-electron chi connectivity index (χ1n) is 2.79. The van der Waals surface area contributed by atoms with Gasteiger partial charge in [-0.05, 0) is 6.42 Å². The van der Waals surface area contributed by atoms with E-state index >= 15 is 0 Å². The van der Waals surface area contributed by atoms with Crippen LogP contribution >= 0.6 is 0 Å². The molecule has 1 atom stereocenters. The SMILES string of the molecule is [NH-]C1CCCNC1=O. The van der Waals surface area contributed by atoms with Gasteiger partial charge in [0.15, 0.2) is 0 Å². The van der Waals surface area contributed by atoms with Gasteiger partial charge in [0.1, 0.15) is 0 Å². The van der Waals surface area contributed by atoms with E-state index in [9.17, 15) is 4.79 Å². The number of piperidine rings is 1. The van der Waals surface area contributed by atoms with Crippen LogP contribution in [0.3, 0.4) is 0 Å². The van der Waals surface area contributed by atoms with Crippen LogP contribution in [0.5, 0.6) is 0 Å². The monoisotopic (exact) mass is 113 g/mol. The third-order valence-corrected chi connectivity index (χ3v) is 1.29. The number of amides is 1. The van der Waals surface area contributed by atoms with Gasteiger partial charge in [-0.3, -0.25) is 4.79 Å². The minimum Gasteiger partial charge on any atom is -0.667 e. The number of rotatable bonds is 0. The van der Waals surface area contributed by atoms with Gasteiger partial charge in [0.05, 0.1) is 0 Å². The second-order valence-corrected chi connectivity index (χ2v) is 1.99. The molecule has 0 spiro atoms. The van der Waals surface area contributed by atoms with Crippen LogP contribution in [-0.2, 0) is 4.79 Å². The molecule has 0 aliphatic carbocycles. The van der Waals surface area contributed by atoms with Gasteiger partial charge in [-0.2, -0.15) is 0 Å². The van der Waals surface area contributed by atoms with Gasteiger partial charge in [-0.1, -0.05) is 12.5 Å². The Morgan fingerprint density at radius 1 is 1.75 bits per heavy atom. The lowest BCUT2D eigenvalue weighted by Gasteiger charge is -2.23. The summed E-state index contributed by atoms with van der Waals surface area (Å²) in [6, 6.07) is -0.497. The van der Waals surface area contributed by atoms with Gasteiger partial charge >= 0.3 is 0 Å². The Morgan fingerprint density at radius 2 is 2.50 bits per heavy atom. The molecular weight excluding hydrogens is 104 g/mol. The minimum absolute atomic E-state index is 0.115. The van der Waals surface area contributed by atoms with Gasteiger partial charge in [0, 0.05) is 6.54 Å². The van der Waals surface area contributed by atoms with E-state index in [2.05, 4.69) is 5.32 Å². The van der Waals surface area contributed by atoms with E-state index in [1.165, 1.54) is 0 Å². The number of hydrogen-bond donors (Lipinski definition) is 1. The van der Waals surface area contributed by atoms with Crippen molar-refractivity contribution in [2.45, 2.75) is 18.9 Å². The first-order valence-corrected chi connectivity index (χ1v) is 2.79. The molecule has 1 rings (SSSR count). The van der Waals surface area contributed by atoms with Crippen LogP contribution in [-0.4, -0.2) is 18.5 Å². The van der Waals surface area contributed by atoms with Crippen molar-refractivity contribution >= 4 is 5.91 Å². The van der Waals surface area contributed by atoms with E-state index in [1.807, 2.05) is 0 Å². The molecule has 0 bridgehead atoms. The fourth-order valence-electron chi connectivity index (χ4n) is 0.772. The molecule has 8 heavy (non-hydrogen) atoms. The van der Waals surface area contributed by atoms with Crippen LogP contribution in [0.1, 0.15) is 12.8 Å². The number of hydrogen-bond acceptors (Lipinski definition) is 1. The summed E-state index contributed by atoms with van der Waals surface area (Å²) in [5.41, 5.74) is 7.07. The molecule has 1 heterocycles. The second-order valence-electron chi connectivity index (χ2n) is 1.99. The van der Waals surface area contributed by atoms with Crippen molar-refractivity contribution in [3.63, 3.8) is 0 Å². The summed E-state index contributed by atoms with van der Waals surface area (Å²) in [5.74, 6) is -0.115. The standard InChI is InChI=1S/C5H9N2O/c6-4-2-1-3-7-5(4)8/h4,6H,1-3H2,(H,7,8)/q-1. The highest BCUT2D eigenvalue weighted by molar-refractivity contribution is 5.83. The maximum atomic E-state index is 10.5. The fraction of sp³-hybridized carbons (Fsp3) is 0.800. The van der Waals surface area contributed by atoms with Crippen LogP contribution < -0.4 is 5.32 Å². The Bertz CT molecular complexity index is 103. The van der Waals surface area contributed by atoms with E-state index in [1.54, 1.807) is 0 Å². The molecule has 1 aliphatic heterocycles. The molecule has 1 aliphatic rings. The predicted octanol–water partition coefficient (Wildman–Crippen LogP) is 0.317. The third kappa shape index (κ3) is 0.980. The van der Waals surface area contributed by atoms with E-state index in [0.29, 0.717) is 0 Å². The van der Waals surface area contributed by atoms with Crippen LogP contribution in [0.25, 0.3) is 5.73 Å². The average Bonchev–Trinajstić information content (AvgIpc) is 1.77. The summed E-state index contributed by atoms with van der Waals surface area (Å²) in [5, 5.41) is 2.61. The van der Waals surface area contributed by atoms with Crippen LogP contribution in [0.2, 0.25) is 0 Å². The first-order chi connectivity index (χ1) is 3.80. The zero-order valence-electron chi connectivity index (χ0n) is 4.61. The Hall–Kier alpha value is -0.570. The second kappa shape index (κ2) is 2.13. The number of carbonyl (C=O) groups is 1. The van der Waals surface area contributed by atoms with Gasteiger partial charge in [-0.25, -0.2) is 0 Å². The lowest BCUT2D eigenvalue weighted by molar-refractivity contribution is -0.122. The van der Waals surface area contributed by atoms with Gasteiger partial charge in [0.25, 0.3) is 0 Å². The molecule has 0 aromatic carbocycles. The minimum atomic E-state index is -0.497. The normalized spacial score (nSPS) is 29.6. The highest BCUT2D eigenvalue weighted by Gasteiger charge is 2.09. The van der Waals surface area contributed by atoms with Crippen LogP contribution in [0.4, 0.5) is 0 Å². The van der Waals surface area contributed by atoms with Crippen molar-refractivity contribution in [3.8, 4) is 0 Å².